The summed E-state index contributed by atoms with van der Waals surface area (Å²) in [6.45, 7) is 6.97. The normalized spacial score (nSPS) is 22.5. The Hall–Kier alpha value is -2.30. The average molecular weight is 358 g/mol. The maximum atomic E-state index is 5.46. The molecule has 1 spiro atoms. The van der Waals surface area contributed by atoms with Gasteiger partial charge in [0.05, 0.1) is 32.0 Å². The van der Waals surface area contributed by atoms with Gasteiger partial charge in [0.15, 0.2) is 0 Å². The van der Waals surface area contributed by atoms with E-state index in [1.54, 1.807) is 10.9 Å². The van der Waals surface area contributed by atoms with Crippen LogP contribution in [0.15, 0.2) is 18.5 Å². The van der Waals surface area contributed by atoms with E-state index in [2.05, 4.69) is 25.2 Å². The minimum absolute atomic E-state index is 0.0237. The van der Waals surface area contributed by atoms with Crippen molar-refractivity contribution < 1.29 is 9.47 Å². The molecule has 3 aliphatic heterocycles. The Morgan fingerprint density at radius 1 is 0.923 bits per heavy atom. The van der Waals surface area contributed by atoms with E-state index >= 15 is 0 Å². The van der Waals surface area contributed by atoms with Crippen LogP contribution >= 0.6 is 0 Å². The molecule has 0 unspecified atom stereocenters. The number of nitrogens with one attached hydrogen (secondary N) is 1. The van der Waals surface area contributed by atoms with E-state index < -0.39 is 0 Å². The number of nitrogens with zero attached hydrogens (tertiary/aromatic N) is 7. The van der Waals surface area contributed by atoms with Crippen LogP contribution in [0.1, 0.15) is 0 Å². The molecule has 0 aromatic carbocycles. The summed E-state index contributed by atoms with van der Waals surface area (Å²) >= 11 is 0. The van der Waals surface area contributed by atoms with Crippen molar-refractivity contribution in [2.24, 2.45) is 0 Å². The number of hydrogen-bond acceptors (Lipinski definition) is 9. The van der Waals surface area contributed by atoms with Gasteiger partial charge in [-0.15, -0.1) is 0 Å². The van der Waals surface area contributed by atoms with Crippen LogP contribution in [0.3, 0.4) is 0 Å². The first kappa shape index (κ1) is 15.9. The van der Waals surface area contributed by atoms with Gasteiger partial charge in [-0.1, -0.05) is 0 Å². The summed E-state index contributed by atoms with van der Waals surface area (Å²) in [7, 11) is 0. The highest BCUT2D eigenvalue weighted by Gasteiger charge is 2.42. The Bertz CT molecular complexity index is 758. The lowest BCUT2D eigenvalue weighted by Crippen LogP contribution is -2.70. The lowest BCUT2D eigenvalue weighted by Gasteiger charge is -2.48. The Kier molecular flexibility index (Phi) is 3.95. The summed E-state index contributed by atoms with van der Waals surface area (Å²) < 4.78 is 12.6. The van der Waals surface area contributed by atoms with Crippen LogP contribution in [0.5, 0.6) is 0 Å². The van der Waals surface area contributed by atoms with Crippen LogP contribution in [0.4, 0.5) is 11.9 Å². The standard InChI is InChI=1S/C16H22N8O2/c1-2-18-24(4-1)15-20-13(22-6-8-25-9-7-22)19-14(21-15)23-5-3-17-16(10-23)11-26-12-16/h1-2,4,17H,3,5-12H2. The lowest BCUT2D eigenvalue weighted by molar-refractivity contribution is -0.0744. The first-order valence-corrected chi connectivity index (χ1v) is 8.98. The zero-order valence-electron chi connectivity index (χ0n) is 14.5. The highest BCUT2D eigenvalue weighted by molar-refractivity contribution is 5.43. The number of piperazine rings is 1. The van der Waals surface area contributed by atoms with Gasteiger partial charge in [-0.3, -0.25) is 0 Å². The van der Waals surface area contributed by atoms with Gasteiger partial charge in [0.2, 0.25) is 11.9 Å². The molecule has 5 rings (SSSR count). The van der Waals surface area contributed by atoms with Crippen molar-refractivity contribution in [1.29, 1.82) is 0 Å². The number of aromatic nitrogens is 5. The van der Waals surface area contributed by atoms with Gasteiger partial charge in [-0.25, -0.2) is 4.68 Å². The first-order chi connectivity index (χ1) is 12.8. The molecule has 0 aliphatic carbocycles. The SMILES string of the molecule is c1cnn(-c2nc(N3CCOCC3)nc(N3CCNC4(COC4)C3)n2)c1. The maximum absolute atomic E-state index is 5.46. The molecule has 3 aliphatic rings. The van der Waals surface area contributed by atoms with E-state index in [1.165, 1.54) is 0 Å². The topological polar surface area (TPSA) is 93.5 Å². The van der Waals surface area contributed by atoms with Crippen LogP contribution in [0, 0.1) is 0 Å². The summed E-state index contributed by atoms with van der Waals surface area (Å²) in [5.41, 5.74) is 0.0237. The highest BCUT2D eigenvalue weighted by atomic mass is 16.5. The van der Waals surface area contributed by atoms with Gasteiger partial charge in [0.1, 0.15) is 0 Å². The van der Waals surface area contributed by atoms with Crippen molar-refractivity contribution in [2.75, 3.05) is 69.0 Å². The first-order valence-electron chi connectivity index (χ1n) is 8.98. The second-order valence-electron chi connectivity index (χ2n) is 6.91. The molecule has 5 heterocycles. The monoisotopic (exact) mass is 358 g/mol. The molecule has 26 heavy (non-hydrogen) atoms. The van der Waals surface area contributed by atoms with Crippen LogP contribution in [0.2, 0.25) is 0 Å². The molecule has 0 radical (unpaired) electrons. The van der Waals surface area contributed by atoms with Gasteiger partial charge in [-0.05, 0) is 6.07 Å². The Balaban J connectivity index is 1.50. The van der Waals surface area contributed by atoms with Crippen LogP contribution < -0.4 is 15.1 Å². The molecule has 2 aromatic rings. The van der Waals surface area contributed by atoms with Gasteiger partial charge in [0, 0.05) is 45.1 Å². The fourth-order valence-corrected chi connectivity index (χ4v) is 3.55. The van der Waals surface area contributed by atoms with Crippen molar-refractivity contribution in [3.63, 3.8) is 0 Å². The van der Waals surface area contributed by atoms with Crippen molar-refractivity contribution in [3.8, 4) is 5.95 Å². The molecule has 3 saturated heterocycles. The third-order valence-electron chi connectivity index (χ3n) is 5.02. The number of morpholine rings is 1. The van der Waals surface area contributed by atoms with Gasteiger partial charge in [-0.2, -0.15) is 20.1 Å². The second-order valence-corrected chi connectivity index (χ2v) is 6.91. The summed E-state index contributed by atoms with van der Waals surface area (Å²) in [5, 5.41) is 7.85. The minimum Gasteiger partial charge on any atom is -0.378 e. The molecule has 0 amide bonds. The van der Waals surface area contributed by atoms with Crippen molar-refractivity contribution >= 4 is 11.9 Å². The molecular formula is C16H22N8O2. The van der Waals surface area contributed by atoms with Crippen LogP contribution in [-0.4, -0.2) is 89.4 Å². The molecule has 0 atom stereocenters. The smallest absolute Gasteiger partial charge is 0.257 e. The summed E-state index contributed by atoms with van der Waals surface area (Å²) in [5.74, 6) is 1.92. The predicted molar refractivity (Wildman–Crippen MR) is 93.7 cm³/mol. The second kappa shape index (κ2) is 6.45. The minimum atomic E-state index is 0.0237. The van der Waals surface area contributed by atoms with Gasteiger partial charge < -0.3 is 24.6 Å². The number of ether oxygens (including phenoxy) is 2. The average Bonchev–Trinajstić information content (AvgIpc) is 3.22. The van der Waals surface area contributed by atoms with E-state index in [1.807, 2.05) is 12.3 Å². The zero-order chi connectivity index (χ0) is 17.4. The van der Waals surface area contributed by atoms with Gasteiger partial charge >= 0.3 is 0 Å². The molecule has 3 fully saturated rings. The largest absolute Gasteiger partial charge is 0.378 e. The predicted octanol–water partition coefficient (Wildman–Crippen LogP) is -0.927. The lowest BCUT2D eigenvalue weighted by atomic mass is 9.95. The molecule has 138 valence electrons. The van der Waals surface area contributed by atoms with Crippen LogP contribution in [0.25, 0.3) is 5.95 Å². The summed E-state index contributed by atoms with van der Waals surface area (Å²) in [6, 6.07) is 1.86. The maximum Gasteiger partial charge on any atom is 0.257 e. The van der Waals surface area contributed by atoms with E-state index in [-0.39, 0.29) is 5.54 Å². The zero-order valence-corrected chi connectivity index (χ0v) is 14.5. The molecule has 10 heteroatoms. The fourth-order valence-electron chi connectivity index (χ4n) is 3.55. The third-order valence-corrected chi connectivity index (χ3v) is 5.02. The number of anilines is 2. The molecule has 2 aromatic heterocycles. The molecule has 1 N–H and O–H groups in total. The Morgan fingerprint density at radius 3 is 2.38 bits per heavy atom. The van der Waals surface area contributed by atoms with Gasteiger partial charge in [0.25, 0.3) is 5.95 Å². The van der Waals surface area contributed by atoms with E-state index in [0.717, 1.165) is 45.9 Å². The summed E-state index contributed by atoms with van der Waals surface area (Å²) in [4.78, 5) is 18.5. The highest BCUT2D eigenvalue weighted by Crippen LogP contribution is 2.25. The van der Waals surface area contributed by atoms with E-state index in [9.17, 15) is 0 Å². The molecular weight excluding hydrogens is 336 g/mol. The van der Waals surface area contributed by atoms with E-state index in [0.29, 0.717) is 31.1 Å². The third kappa shape index (κ3) is 2.89. The molecule has 10 nitrogen and oxygen atoms in total. The van der Waals surface area contributed by atoms with Crippen LogP contribution in [-0.2, 0) is 9.47 Å². The summed E-state index contributed by atoms with van der Waals surface area (Å²) in [6.07, 6.45) is 3.57. The molecule has 0 bridgehead atoms. The van der Waals surface area contributed by atoms with Crippen molar-refractivity contribution in [3.05, 3.63) is 18.5 Å². The van der Waals surface area contributed by atoms with Crippen molar-refractivity contribution in [2.45, 2.75) is 5.54 Å². The number of hydrogen-bond donors (Lipinski definition) is 1. The molecule has 0 saturated carbocycles. The quantitative estimate of drug-likeness (QED) is 0.747. The fraction of sp³-hybridized carbons (Fsp3) is 0.625. The number of rotatable bonds is 3. The Morgan fingerprint density at radius 2 is 1.69 bits per heavy atom. The van der Waals surface area contributed by atoms with Crippen molar-refractivity contribution in [1.82, 2.24) is 30.0 Å². The van der Waals surface area contributed by atoms with E-state index in [4.69, 9.17) is 19.4 Å². The Labute approximate surface area is 151 Å².